The van der Waals surface area contributed by atoms with Gasteiger partial charge in [0.2, 0.25) is 0 Å². The first-order valence-electron chi connectivity index (χ1n) is 4.11. The predicted molar refractivity (Wildman–Crippen MR) is 50.6 cm³/mol. The van der Waals surface area contributed by atoms with Crippen molar-refractivity contribution in [3.05, 3.63) is 24.3 Å². The molecule has 0 N–H and O–H groups in total. The molecule has 0 bridgehead atoms. The Balaban J connectivity index is 0. The SMILES string of the molecule is C1=CCCCC=C1.C=O.CC. The van der Waals surface area contributed by atoms with E-state index in [0.29, 0.717) is 0 Å². The molecule has 0 saturated carbocycles. The Hall–Kier alpha value is -0.850. The zero-order chi connectivity index (χ0) is 8.95. The highest BCUT2D eigenvalue weighted by Gasteiger charge is 1.81. The highest BCUT2D eigenvalue weighted by molar-refractivity contribution is 5.11. The maximum atomic E-state index is 8.00. The maximum Gasteiger partial charge on any atom is 0.106 e. The first-order chi connectivity index (χ1) is 5.50. The normalized spacial score (nSPS) is 13.3. The van der Waals surface area contributed by atoms with Crippen LogP contribution in [0.4, 0.5) is 0 Å². The summed E-state index contributed by atoms with van der Waals surface area (Å²) in [6.07, 6.45) is 12.5. The zero-order valence-electron chi connectivity index (χ0n) is 7.55. The first kappa shape index (κ1) is 12.8. The number of hydrogen-bond acceptors (Lipinski definition) is 1. The van der Waals surface area contributed by atoms with E-state index in [0.717, 1.165) is 0 Å². The summed E-state index contributed by atoms with van der Waals surface area (Å²) in [4.78, 5) is 8.00. The highest BCUT2D eigenvalue weighted by Crippen LogP contribution is 2.01. The van der Waals surface area contributed by atoms with Gasteiger partial charge in [0.05, 0.1) is 0 Å². The van der Waals surface area contributed by atoms with E-state index in [1.807, 2.05) is 20.6 Å². The van der Waals surface area contributed by atoms with Crippen molar-refractivity contribution >= 4 is 6.79 Å². The molecule has 0 amide bonds. The predicted octanol–water partition coefficient (Wildman–Crippen LogP) is 3.12. The van der Waals surface area contributed by atoms with E-state index < -0.39 is 0 Å². The van der Waals surface area contributed by atoms with Gasteiger partial charge in [-0.15, -0.1) is 0 Å². The third-order valence-corrected chi connectivity index (χ3v) is 1.12. The molecule has 1 nitrogen and oxygen atoms in total. The molecular formula is C10H18O. The van der Waals surface area contributed by atoms with Crippen LogP contribution < -0.4 is 0 Å². The molecule has 1 heteroatoms. The fraction of sp³-hybridized carbons (Fsp3) is 0.500. The molecule has 64 valence electrons. The van der Waals surface area contributed by atoms with Gasteiger partial charge in [-0.05, 0) is 19.3 Å². The molecule has 0 unspecified atom stereocenters. The number of hydrogen-bond donors (Lipinski definition) is 0. The second-order valence-corrected chi connectivity index (χ2v) is 1.79. The maximum absolute atomic E-state index is 8.00. The Morgan fingerprint density at radius 2 is 1.36 bits per heavy atom. The fourth-order valence-corrected chi connectivity index (χ4v) is 0.703. The molecule has 1 aliphatic rings. The second-order valence-electron chi connectivity index (χ2n) is 1.79. The Kier molecular flexibility index (Phi) is 18.7. The lowest BCUT2D eigenvalue weighted by Gasteiger charge is -1.81. The van der Waals surface area contributed by atoms with E-state index in [4.69, 9.17) is 4.79 Å². The van der Waals surface area contributed by atoms with E-state index >= 15 is 0 Å². The van der Waals surface area contributed by atoms with Gasteiger partial charge >= 0.3 is 0 Å². The van der Waals surface area contributed by atoms with Crippen LogP contribution in [0, 0.1) is 0 Å². The number of carbonyl (C=O) groups excluding carboxylic acids is 1. The summed E-state index contributed by atoms with van der Waals surface area (Å²) in [5.41, 5.74) is 0. The zero-order valence-corrected chi connectivity index (χ0v) is 7.55. The lowest BCUT2D eigenvalue weighted by Crippen LogP contribution is -1.62. The van der Waals surface area contributed by atoms with Gasteiger partial charge in [-0.2, -0.15) is 0 Å². The fourth-order valence-electron chi connectivity index (χ4n) is 0.703. The highest BCUT2D eigenvalue weighted by atomic mass is 16.1. The molecular weight excluding hydrogens is 136 g/mol. The third-order valence-electron chi connectivity index (χ3n) is 1.12. The second kappa shape index (κ2) is 16.1. The lowest BCUT2D eigenvalue weighted by molar-refractivity contribution is -0.0979. The summed E-state index contributed by atoms with van der Waals surface area (Å²) in [5, 5.41) is 0. The summed E-state index contributed by atoms with van der Waals surface area (Å²) in [7, 11) is 0. The molecule has 1 aliphatic carbocycles. The molecule has 0 saturated heterocycles. The minimum Gasteiger partial charge on any atom is -0.307 e. The van der Waals surface area contributed by atoms with Crippen molar-refractivity contribution in [1.29, 1.82) is 0 Å². The van der Waals surface area contributed by atoms with Crippen LogP contribution in [-0.4, -0.2) is 6.79 Å². The quantitative estimate of drug-likeness (QED) is 0.524. The summed E-state index contributed by atoms with van der Waals surface area (Å²) in [6.45, 7) is 6.00. The van der Waals surface area contributed by atoms with Crippen LogP contribution in [0.1, 0.15) is 33.1 Å². The van der Waals surface area contributed by atoms with E-state index in [-0.39, 0.29) is 0 Å². The van der Waals surface area contributed by atoms with Crippen LogP contribution >= 0.6 is 0 Å². The topological polar surface area (TPSA) is 17.1 Å². The Morgan fingerprint density at radius 3 is 1.73 bits per heavy atom. The van der Waals surface area contributed by atoms with Gasteiger partial charge < -0.3 is 4.79 Å². The monoisotopic (exact) mass is 154 g/mol. The summed E-state index contributed by atoms with van der Waals surface area (Å²) >= 11 is 0. The minimum absolute atomic E-state index is 1.26. The molecule has 0 spiro atoms. The molecule has 0 heterocycles. The number of rotatable bonds is 0. The molecule has 0 aliphatic heterocycles. The van der Waals surface area contributed by atoms with Gasteiger partial charge in [-0.25, -0.2) is 0 Å². The van der Waals surface area contributed by atoms with Gasteiger partial charge in [0, 0.05) is 0 Å². The molecule has 11 heavy (non-hydrogen) atoms. The summed E-state index contributed by atoms with van der Waals surface area (Å²) in [6, 6.07) is 0. The molecule has 0 radical (unpaired) electrons. The van der Waals surface area contributed by atoms with Crippen LogP contribution in [-0.2, 0) is 4.79 Å². The Labute approximate surface area is 69.8 Å². The van der Waals surface area contributed by atoms with Crippen molar-refractivity contribution in [3.8, 4) is 0 Å². The average Bonchev–Trinajstić information content (AvgIpc) is 2.42. The largest absolute Gasteiger partial charge is 0.307 e. The van der Waals surface area contributed by atoms with Crippen molar-refractivity contribution in [2.75, 3.05) is 0 Å². The Morgan fingerprint density at radius 1 is 1.00 bits per heavy atom. The molecule has 0 aromatic heterocycles. The number of allylic oxidation sites excluding steroid dienone is 4. The van der Waals surface area contributed by atoms with E-state index in [1.54, 1.807) is 0 Å². The number of carbonyl (C=O) groups is 1. The van der Waals surface area contributed by atoms with Gasteiger partial charge in [0.15, 0.2) is 0 Å². The van der Waals surface area contributed by atoms with Crippen molar-refractivity contribution < 1.29 is 4.79 Å². The van der Waals surface area contributed by atoms with Crippen LogP contribution in [0.3, 0.4) is 0 Å². The van der Waals surface area contributed by atoms with E-state index in [1.165, 1.54) is 19.3 Å². The third kappa shape index (κ3) is 12.4. The molecule has 0 fully saturated rings. The minimum atomic E-state index is 1.26. The summed E-state index contributed by atoms with van der Waals surface area (Å²) in [5.74, 6) is 0. The van der Waals surface area contributed by atoms with E-state index in [2.05, 4.69) is 24.3 Å². The lowest BCUT2D eigenvalue weighted by atomic mass is 10.2. The van der Waals surface area contributed by atoms with Gasteiger partial charge in [-0.1, -0.05) is 38.2 Å². The van der Waals surface area contributed by atoms with E-state index in [9.17, 15) is 0 Å². The summed E-state index contributed by atoms with van der Waals surface area (Å²) < 4.78 is 0. The smallest absolute Gasteiger partial charge is 0.106 e. The van der Waals surface area contributed by atoms with Crippen molar-refractivity contribution in [2.24, 2.45) is 0 Å². The standard InChI is InChI=1S/C7H10.C2H6.CH2O/c1-2-4-6-7-5-3-1;2*1-2/h1-4H,5-7H2;1-2H3;1H2. The Bertz CT molecular complexity index is 91.4. The van der Waals surface area contributed by atoms with Gasteiger partial charge in [-0.3, -0.25) is 0 Å². The molecule has 0 atom stereocenters. The molecule has 1 rings (SSSR count). The van der Waals surface area contributed by atoms with Crippen LogP contribution in [0.5, 0.6) is 0 Å². The molecule has 0 aromatic carbocycles. The van der Waals surface area contributed by atoms with Crippen molar-refractivity contribution in [3.63, 3.8) is 0 Å². The van der Waals surface area contributed by atoms with Gasteiger partial charge in [0.25, 0.3) is 0 Å². The van der Waals surface area contributed by atoms with Crippen molar-refractivity contribution in [1.82, 2.24) is 0 Å². The molecule has 0 aromatic rings. The van der Waals surface area contributed by atoms with Crippen molar-refractivity contribution in [2.45, 2.75) is 33.1 Å². The van der Waals surface area contributed by atoms with Crippen LogP contribution in [0.15, 0.2) is 24.3 Å². The van der Waals surface area contributed by atoms with Crippen LogP contribution in [0.25, 0.3) is 0 Å². The van der Waals surface area contributed by atoms with Crippen LogP contribution in [0.2, 0.25) is 0 Å². The first-order valence-corrected chi connectivity index (χ1v) is 4.11. The van der Waals surface area contributed by atoms with Gasteiger partial charge in [0.1, 0.15) is 6.79 Å². The average molecular weight is 154 g/mol.